The summed E-state index contributed by atoms with van der Waals surface area (Å²) in [6.45, 7) is 0. The summed E-state index contributed by atoms with van der Waals surface area (Å²) in [5, 5.41) is 0. The Kier molecular flexibility index (Phi) is 3.58. The van der Waals surface area contributed by atoms with E-state index in [1.807, 2.05) is 0 Å². The minimum Gasteiger partial charge on any atom is -0.495 e. The maximum atomic E-state index is 10.8. The third-order valence-electron chi connectivity index (χ3n) is 1.71. The van der Waals surface area contributed by atoms with Gasteiger partial charge < -0.3 is 15.2 Å². The fraction of sp³-hybridized carbons (Fsp3) is 0.182. The van der Waals surface area contributed by atoms with Crippen molar-refractivity contribution in [3.05, 3.63) is 23.8 Å². The summed E-state index contributed by atoms with van der Waals surface area (Å²) in [6.07, 6.45) is 0. The van der Waals surface area contributed by atoms with Crippen molar-refractivity contribution in [1.29, 1.82) is 0 Å². The summed E-state index contributed by atoms with van der Waals surface area (Å²) in [7, 11) is 2.79. The van der Waals surface area contributed by atoms with Crippen molar-refractivity contribution >= 4 is 11.7 Å². The van der Waals surface area contributed by atoms with Gasteiger partial charge in [-0.25, -0.2) is 4.79 Å². The molecule has 1 rings (SSSR count). The Balaban J connectivity index is 3.05. The quantitative estimate of drug-likeness (QED) is 0.418. The first-order valence-corrected chi connectivity index (χ1v) is 4.21. The van der Waals surface area contributed by atoms with Crippen molar-refractivity contribution in [2.24, 2.45) is 0 Å². The van der Waals surface area contributed by atoms with Crippen LogP contribution < -0.4 is 10.5 Å². The first-order valence-electron chi connectivity index (χ1n) is 4.21. The molecule has 1 aromatic carbocycles. The van der Waals surface area contributed by atoms with E-state index in [1.54, 1.807) is 18.2 Å². The number of hydrogen-bond acceptors (Lipinski definition) is 4. The fourth-order valence-electron chi connectivity index (χ4n) is 0.993. The van der Waals surface area contributed by atoms with Crippen LogP contribution in [0.3, 0.4) is 0 Å². The molecule has 0 saturated carbocycles. The molecular formula is C11H11NO3. The number of esters is 1. The molecule has 0 atom stereocenters. The number of nitrogens with two attached hydrogens (primary N) is 1. The maximum Gasteiger partial charge on any atom is 0.384 e. The van der Waals surface area contributed by atoms with Crippen LogP contribution in [-0.4, -0.2) is 20.2 Å². The van der Waals surface area contributed by atoms with E-state index in [9.17, 15) is 4.79 Å². The standard InChI is InChI=1S/C11H11NO3/c1-14-10-5-4-9(12)7-8(10)3-6-11(13)15-2/h4-5,7H,12H2,1-2H3. The van der Waals surface area contributed by atoms with E-state index >= 15 is 0 Å². The zero-order valence-corrected chi connectivity index (χ0v) is 8.53. The van der Waals surface area contributed by atoms with Crippen LogP contribution in [0.2, 0.25) is 0 Å². The summed E-state index contributed by atoms with van der Waals surface area (Å²) in [5.74, 6) is 4.90. The van der Waals surface area contributed by atoms with E-state index in [-0.39, 0.29) is 0 Å². The molecular weight excluding hydrogens is 194 g/mol. The highest BCUT2D eigenvalue weighted by atomic mass is 16.5. The van der Waals surface area contributed by atoms with Gasteiger partial charge in [-0.1, -0.05) is 5.92 Å². The van der Waals surface area contributed by atoms with Gasteiger partial charge in [0.2, 0.25) is 0 Å². The molecule has 0 radical (unpaired) electrons. The molecule has 0 spiro atoms. The van der Waals surface area contributed by atoms with Gasteiger partial charge in [-0.15, -0.1) is 0 Å². The molecule has 0 aromatic heterocycles. The Morgan fingerprint density at radius 3 is 2.73 bits per heavy atom. The second-order valence-electron chi connectivity index (χ2n) is 2.70. The van der Waals surface area contributed by atoms with Gasteiger partial charge in [0.1, 0.15) is 5.75 Å². The van der Waals surface area contributed by atoms with Crippen molar-refractivity contribution in [2.75, 3.05) is 20.0 Å². The minimum atomic E-state index is -0.598. The van der Waals surface area contributed by atoms with E-state index in [1.165, 1.54) is 14.2 Å². The lowest BCUT2D eigenvalue weighted by Crippen LogP contribution is -1.96. The molecule has 0 fully saturated rings. The first kappa shape index (κ1) is 10.9. The van der Waals surface area contributed by atoms with Crippen LogP contribution >= 0.6 is 0 Å². The average molecular weight is 205 g/mol. The molecule has 1 aromatic rings. The molecule has 15 heavy (non-hydrogen) atoms. The number of carbonyl (C=O) groups excluding carboxylic acids is 1. The van der Waals surface area contributed by atoms with Crippen molar-refractivity contribution in [3.8, 4) is 17.6 Å². The number of nitrogen functional groups attached to an aromatic ring is 1. The lowest BCUT2D eigenvalue weighted by molar-refractivity contribution is -0.133. The normalized spacial score (nSPS) is 8.67. The Morgan fingerprint density at radius 2 is 2.13 bits per heavy atom. The molecule has 78 valence electrons. The Labute approximate surface area is 88.0 Å². The van der Waals surface area contributed by atoms with Crippen molar-refractivity contribution in [2.45, 2.75) is 0 Å². The zero-order valence-electron chi connectivity index (χ0n) is 8.53. The van der Waals surface area contributed by atoms with Gasteiger partial charge >= 0.3 is 5.97 Å². The Hall–Kier alpha value is -2.15. The molecule has 0 bridgehead atoms. The topological polar surface area (TPSA) is 61.5 Å². The molecule has 4 nitrogen and oxygen atoms in total. The monoisotopic (exact) mass is 205 g/mol. The first-order chi connectivity index (χ1) is 7.17. The van der Waals surface area contributed by atoms with Crippen LogP contribution in [0, 0.1) is 11.8 Å². The number of hydrogen-bond donors (Lipinski definition) is 1. The molecule has 0 heterocycles. The van der Waals surface area contributed by atoms with Gasteiger partial charge in [0.25, 0.3) is 0 Å². The summed E-state index contributed by atoms with van der Waals surface area (Å²) >= 11 is 0. The Bertz CT molecular complexity index is 429. The maximum absolute atomic E-state index is 10.8. The number of benzene rings is 1. The minimum absolute atomic E-state index is 0.558. The van der Waals surface area contributed by atoms with E-state index < -0.39 is 5.97 Å². The molecule has 2 N–H and O–H groups in total. The van der Waals surface area contributed by atoms with Gasteiger partial charge in [-0.3, -0.25) is 0 Å². The van der Waals surface area contributed by atoms with E-state index in [4.69, 9.17) is 10.5 Å². The van der Waals surface area contributed by atoms with Crippen LogP contribution in [0.5, 0.6) is 5.75 Å². The third-order valence-corrected chi connectivity index (χ3v) is 1.71. The summed E-state index contributed by atoms with van der Waals surface area (Å²) in [5.41, 5.74) is 6.70. The second-order valence-corrected chi connectivity index (χ2v) is 2.70. The molecule has 4 heteroatoms. The predicted molar refractivity (Wildman–Crippen MR) is 56.3 cm³/mol. The summed E-state index contributed by atoms with van der Waals surface area (Å²) < 4.78 is 9.45. The van der Waals surface area contributed by atoms with E-state index in [0.29, 0.717) is 17.0 Å². The molecule has 0 aliphatic heterocycles. The molecule has 0 saturated heterocycles. The van der Waals surface area contributed by atoms with Gasteiger partial charge in [-0.2, -0.15) is 0 Å². The largest absolute Gasteiger partial charge is 0.495 e. The van der Waals surface area contributed by atoms with Gasteiger partial charge in [0.15, 0.2) is 0 Å². The van der Waals surface area contributed by atoms with Crippen molar-refractivity contribution < 1.29 is 14.3 Å². The lowest BCUT2D eigenvalue weighted by Gasteiger charge is -2.03. The number of methoxy groups -OCH3 is 2. The van der Waals surface area contributed by atoms with Gasteiger partial charge in [0, 0.05) is 11.6 Å². The number of rotatable bonds is 1. The highest BCUT2D eigenvalue weighted by Gasteiger charge is 2.00. The highest BCUT2D eigenvalue weighted by Crippen LogP contribution is 2.19. The van der Waals surface area contributed by atoms with Crippen LogP contribution in [-0.2, 0) is 9.53 Å². The number of anilines is 1. The number of carbonyl (C=O) groups is 1. The van der Waals surface area contributed by atoms with Crippen molar-refractivity contribution in [1.82, 2.24) is 0 Å². The number of ether oxygens (including phenoxy) is 2. The smallest absolute Gasteiger partial charge is 0.384 e. The summed E-state index contributed by atoms with van der Waals surface area (Å²) in [6, 6.07) is 5.02. The molecule has 0 aliphatic rings. The molecule has 0 aliphatic carbocycles. The van der Waals surface area contributed by atoms with Gasteiger partial charge in [0.05, 0.1) is 19.8 Å². The molecule has 0 unspecified atom stereocenters. The average Bonchev–Trinajstić information content (AvgIpc) is 2.26. The predicted octanol–water partition coefficient (Wildman–Crippen LogP) is 0.802. The lowest BCUT2D eigenvalue weighted by atomic mass is 10.2. The van der Waals surface area contributed by atoms with Crippen LogP contribution in [0.4, 0.5) is 5.69 Å². The third kappa shape index (κ3) is 2.92. The van der Waals surface area contributed by atoms with E-state index in [2.05, 4.69) is 16.6 Å². The van der Waals surface area contributed by atoms with Crippen molar-refractivity contribution in [3.63, 3.8) is 0 Å². The molecule has 0 amide bonds. The summed E-state index contributed by atoms with van der Waals surface area (Å²) in [4.78, 5) is 10.8. The SMILES string of the molecule is COC(=O)C#Cc1cc(N)ccc1OC. The fourth-order valence-corrected chi connectivity index (χ4v) is 0.993. The van der Waals surface area contributed by atoms with Crippen LogP contribution in [0.1, 0.15) is 5.56 Å². The second kappa shape index (κ2) is 4.91. The van der Waals surface area contributed by atoms with Gasteiger partial charge in [-0.05, 0) is 18.2 Å². The van der Waals surface area contributed by atoms with Crippen LogP contribution in [0.25, 0.3) is 0 Å². The zero-order chi connectivity index (χ0) is 11.3. The van der Waals surface area contributed by atoms with E-state index in [0.717, 1.165) is 0 Å². The highest BCUT2D eigenvalue weighted by molar-refractivity contribution is 5.89. The van der Waals surface area contributed by atoms with Crippen LogP contribution in [0.15, 0.2) is 18.2 Å². The Morgan fingerprint density at radius 1 is 1.40 bits per heavy atom.